The van der Waals surface area contributed by atoms with E-state index in [9.17, 15) is 4.79 Å². The molecule has 0 spiro atoms. The van der Waals surface area contributed by atoms with Crippen LogP contribution in [-0.2, 0) is 9.53 Å². The third-order valence-electron chi connectivity index (χ3n) is 5.27. The zero-order valence-electron chi connectivity index (χ0n) is 14.3. The minimum Gasteiger partial charge on any atom is -0.372 e. The van der Waals surface area contributed by atoms with E-state index in [1.165, 1.54) is 6.42 Å². The number of anilines is 1. The van der Waals surface area contributed by atoms with E-state index >= 15 is 0 Å². The quantitative estimate of drug-likeness (QED) is 0.798. The summed E-state index contributed by atoms with van der Waals surface area (Å²) in [7, 11) is 0. The number of piperazine rings is 1. The van der Waals surface area contributed by atoms with Gasteiger partial charge < -0.3 is 14.5 Å². The van der Waals surface area contributed by atoms with Gasteiger partial charge in [-0.15, -0.1) is 0 Å². The van der Waals surface area contributed by atoms with E-state index in [2.05, 4.69) is 19.8 Å². The van der Waals surface area contributed by atoms with Crippen LogP contribution in [0.4, 0.5) is 5.95 Å². The van der Waals surface area contributed by atoms with Crippen molar-refractivity contribution in [2.24, 2.45) is 0 Å². The summed E-state index contributed by atoms with van der Waals surface area (Å²) in [4.78, 5) is 27.9. The Morgan fingerprint density at radius 2 is 1.75 bits per heavy atom. The van der Waals surface area contributed by atoms with Gasteiger partial charge in [0.2, 0.25) is 11.9 Å². The first kappa shape index (κ1) is 15.8. The first-order chi connectivity index (χ1) is 11.6. The minimum atomic E-state index is 0.124. The van der Waals surface area contributed by atoms with Gasteiger partial charge in [0.25, 0.3) is 0 Å². The third kappa shape index (κ3) is 2.98. The Kier molecular flexibility index (Phi) is 4.14. The largest absolute Gasteiger partial charge is 0.372 e. The fraction of sp³-hybridized carbons (Fsp3) is 0.706. The second-order valence-corrected chi connectivity index (χ2v) is 7.23. The monoisotopic (exact) mass is 331 g/mol. The highest BCUT2D eigenvalue weighted by molar-refractivity contribution is 5.78. The average molecular weight is 331 g/mol. The number of amides is 1. The summed E-state index contributed by atoms with van der Waals surface area (Å²) in [6.45, 7) is 7.82. The van der Waals surface area contributed by atoms with Crippen LogP contribution in [0.1, 0.15) is 20.3 Å². The molecule has 0 radical (unpaired) electrons. The van der Waals surface area contributed by atoms with Crippen molar-refractivity contribution in [1.29, 1.82) is 0 Å². The number of aromatic nitrogens is 2. The molecule has 7 nitrogen and oxygen atoms in total. The normalized spacial score (nSPS) is 33.2. The van der Waals surface area contributed by atoms with Gasteiger partial charge in [-0.1, -0.05) is 0 Å². The molecule has 1 amide bonds. The lowest BCUT2D eigenvalue weighted by Crippen LogP contribution is -2.70. The van der Waals surface area contributed by atoms with Gasteiger partial charge in [-0.25, -0.2) is 9.97 Å². The molecule has 4 fully saturated rings. The van der Waals surface area contributed by atoms with E-state index in [4.69, 9.17) is 4.74 Å². The molecule has 0 aliphatic carbocycles. The Labute approximate surface area is 142 Å². The zero-order valence-corrected chi connectivity index (χ0v) is 14.3. The van der Waals surface area contributed by atoms with Crippen molar-refractivity contribution in [3.8, 4) is 0 Å². The van der Waals surface area contributed by atoms with Gasteiger partial charge in [0.1, 0.15) is 0 Å². The second-order valence-electron chi connectivity index (χ2n) is 7.23. The third-order valence-corrected chi connectivity index (χ3v) is 5.27. The lowest BCUT2D eigenvalue weighted by atomic mass is 9.87. The van der Waals surface area contributed by atoms with Gasteiger partial charge >= 0.3 is 0 Å². The van der Waals surface area contributed by atoms with Gasteiger partial charge in [0.05, 0.1) is 18.8 Å². The number of rotatable bonds is 3. The van der Waals surface area contributed by atoms with Crippen molar-refractivity contribution in [2.45, 2.75) is 44.6 Å². The van der Waals surface area contributed by atoms with Gasteiger partial charge in [-0.05, 0) is 26.3 Å². The van der Waals surface area contributed by atoms with E-state index in [0.29, 0.717) is 31.7 Å². The predicted octanol–water partition coefficient (Wildman–Crippen LogP) is 0.375. The van der Waals surface area contributed by atoms with Crippen molar-refractivity contribution in [3.63, 3.8) is 0 Å². The van der Waals surface area contributed by atoms with Crippen molar-refractivity contribution in [3.05, 3.63) is 18.5 Å². The minimum absolute atomic E-state index is 0.124. The Bertz CT molecular complexity index is 576. The van der Waals surface area contributed by atoms with Crippen LogP contribution in [0.2, 0.25) is 0 Å². The molecule has 0 aromatic carbocycles. The lowest BCUT2D eigenvalue weighted by Gasteiger charge is -2.56. The zero-order chi connectivity index (χ0) is 16.7. The molecule has 7 heteroatoms. The number of nitrogens with zero attached hydrogens (tertiary/aromatic N) is 5. The summed E-state index contributed by atoms with van der Waals surface area (Å²) in [6.07, 6.45) is 4.99. The average Bonchev–Trinajstić information content (AvgIpc) is 2.59. The van der Waals surface area contributed by atoms with E-state index in [0.717, 1.165) is 19.0 Å². The van der Waals surface area contributed by atoms with Crippen molar-refractivity contribution in [1.82, 2.24) is 19.8 Å². The molecule has 24 heavy (non-hydrogen) atoms. The molecular formula is C17H25N5O2. The molecule has 130 valence electrons. The van der Waals surface area contributed by atoms with Gasteiger partial charge in [0.15, 0.2) is 0 Å². The maximum absolute atomic E-state index is 12.7. The highest BCUT2D eigenvalue weighted by atomic mass is 16.5. The van der Waals surface area contributed by atoms with Gasteiger partial charge in [0, 0.05) is 50.7 Å². The van der Waals surface area contributed by atoms with Crippen LogP contribution in [-0.4, -0.2) is 82.7 Å². The van der Waals surface area contributed by atoms with Crippen LogP contribution < -0.4 is 4.90 Å². The van der Waals surface area contributed by atoms with Crippen LogP contribution in [0, 0.1) is 0 Å². The predicted molar refractivity (Wildman–Crippen MR) is 89.7 cm³/mol. The Morgan fingerprint density at radius 1 is 1.12 bits per heavy atom. The van der Waals surface area contributed by atoms with Crippen LogP contribution in [0.25, 0.3) is 0 Å². The molecular weight excluding hydrogens is 306 g/mol. The molecule has 0 saturated carbocycles. The molecule has 5 rings (SSSR count). The maximum atomic E-state index is 12.7. The van der Waals surface area contributed by atoms with Crippen molar-refractivity contribution < 1.29 is 9.53 Å². The Balaban J connectivity index is 1.34. The number of ether oxygens (including phenoxy) is 1. The number of carbonyl (C=O) groups is 1. The number of hydrogen-bond acceptors (Lipinski definition) is 6. The molecule has 4 aliphatic rings. The first-order valence-corrected chi connectivity index (χ1v) is 8.81. The lowest BCUT2D eigenvalue weighted by molar-refractivity contribution is -0.148. The standard InChI is InChI=1S/C17H25N5O2/c1-12-7-20(8-13(2)24-12)16(23)11-22-14-6-15(22)10-21(9-14)17-18-4-3-5-19-17/h3-5,12-15H,6-11H2,1-2H3. The molecule has 1 aromatic heterocycles. The summed E-state index contributed by atoms with van der Waals surface area (Å²) in [5.74, 6) is 1.03. The summed E-state index contributed by atoms with van der Waals surface area (Å²) < 4.78 is 5.72. The fourth-order valence-electron chi connectivity index (χ4n) is 4.20. The molecule has 4 unspecified atom stereocenters. The van der Waals surface area contributed by atoms with Crippen LogP contribution in [0.5, 0.6) is 0 Å². The Morgan fingerprint density at radius 3 is 2.38 bits per heavy atom. The number of hydrogen-bond donors (Lipinski definition) is 0. The van der Waals surface area contributed by atoms with Crippen LogP contribution >= 0.6 is 0 Å². The number of morpholine rings is 1. The molecule has 0 N–H and O–H groups in total. The molecule has 4 atom stereocenters. The van der Waals surface area contributed by atoms with E-state index in [-0.39, 0.29) is 18.1 Å². The summed E-state index contributed by atoms with van der Waals surface area (Å²) in [6, 6.07) is 2.71. The Hall–Kier alpha value is -1.73. The second kappa shape index (κ2) is 6.29. The van der Waals surface area contributed by atoms with Crippen LogP contribution in [0.3, 0.4) is 0 Å². The fourth-order valence-corrected chi connectivity index (χ4v) is 4.20. The molecule has 5 heterocycles. The highest BCUT2D eigenvalue weighted by Crippen LogP contribution is 2.33. The topological polar surface area (TPSA) is 61.8 Å². The summed E-state index contributed by atoms with van der Waals surface area (Å²) in [5.41, 5.74) is 0. The number of fused-ring (bicyclic) bond motifs is 2. The molecule has 4 aliphatic heterocycles. The SMILES string of the molecule is CC1CN(C(=O)CN2C3CC2CN(c2ncccn2)C3)CC(C)O1. The first-order valence-electron chi connectivity index (χ1n) is 8.81. The van der Waals surface area contributed by atoms with E-state index in [1.807, 2.05) is 24.8 Å². The molecule has 2 bridgehead atoms. The van der Waals surface area contributed by atoms with Crippen molar-refractivity contribution >= 4 is 11.9 Å². The molecule has 4 saturated heterocycles. The summed E-state index contributed by atoms with van der Waals surface area (Å²) in [5, 5.41) is 0. The van der Waals surface area contributed by atoms with Crippen LogP contribution in [0.15, 0.2) is 18.5 Å². The molecule has 1 aromatic rings. The number of carbonyl (C=O) groups excluding carboxylic acids is 1. The summed E-state index contributed by atoms with van der Waals surface area (Å²) >= 11 is 0. The van der Waals surface area contributed by atoms with Gasteiger partial charge in [-0.2, -0.15) is 0 Å². The maximum Gasteiger partial charge on any atom is 0.236 e. The highest BCUT2D eigenvalue weighted by Gasteiger charge is 2.46. The van der Waals surface area contributed by atoms with E-state index in [1.54, 1.807) is 12.4 Å². The van der Waals surface area contributed by atoms with E-state index < -0.39 is 0 Å². The number of piperidine rings is 1. The smallest absolute Gasteiger partial charge is 0.236 e. The van der Waals surface area contributed by atoms with Crippen molar-refractivity contribution in [2.75, 3.05) is 37.6 Å². The van der Waals surface area contributed by atoms with Gasteiger partial charge in [-0.3, -0.25) is 9.69 Å².